The number of fused-ring (bicyclic) bond motifs is 2. The maximum Gasteiger partial charge on any atom is 0.372 e. The van der Waals surface area contributed by atoms with Crippen LogP contribution >= 0.6 is 19.2 Å². The van der Waals surface area contributed by atoms with Gasteiger partial charge < -0.3 is 15.0 Å². The Balaban J connectivity index is 1.51. The molecule has 4 rings (SSSR count). The summed E-state index contributed by atoms with van der Waals surface area (Å²) in [5.74, 6) is 1.74. The van der Waals surface area contributed by atoms with Crippen LogP contribution in [0.2, 0.25) is 0 Å². The number of Topliss-reactive ketones (excluding diaryl/α,β-unsaturated/α-hetero) is 1. The number of rotatable bonds is 7. The van der Waals surface area contributed by atoms with Crippen LogP contribution in [0.1, 0.15) is 46.8 Å². The molecule has 0 bridgehead atoms. The van der Waals surface area contributed by atoms with Crippen LogP contribution in [-0.4, -0.2) is 61.0 Å². The number of ether oxygens (including phenoxy) is 1. The zero-order valence-corrected chi connectivity index (χ0v) is 20.6. The predicted molar refractivity (Wildman–Crippen MR) is 123 cm³/mol. The lowest BCUT2D eigenvalue weighted by atomic mass is 10.0. The fourth-order valence-corrected chi connectivity index (χ4v) is 5.86. The lowest BCUT2D eigenvalue weighted by Gasteiger charge is -2.34. The van der Waals surface area contributed by atoms with Gasteiger partial charge in [0.1, 0.15) is 40.9 Å². The van der Waals surface area contributed by atoms with Crippen molar-refractivity contribution < 1.29 is 23.1 Å². The van der Waals surface area contributed by atoms with Crippen LogP contribution in [-0.2, 0) is 23.1 Å². The molecule has 2 fully saturated rings. The minimum Gasteiger partial charge on any atom is -0.382 e. The Morgan fingerprint density at radius 1 is 1.42 bits per heavy atom. The molecule has 2 aromatic heterocycles. The Kier molecular flexibility index (Phi) is 6.63. The normalized spacial score (nSPS) is 33.1. The molecular formula is C20H28ClN6O5P. The molecule has 2 N–H and O–H groups in total. The van der Waals surface area contributed by atoms with Crippen molar-refractivity contribution in [3.05, 3.63) is 12.7 Å². The van der Waals surface area contributed by atoms with Gasteiger partial charge in [-0.2, -0.15) is 0 Å². The zero-order chi connectivity index (χ0) is 24.0. The molecule has 1 unspecified atom stereocenters. The molecule has 180 valence electrons. The van der Waals surface area contributed by atoms with E-state index in [1.165, 1.54) is 12.7 Å². The summed E-state index contributed by atoms with van der Waals surface area (Å²) in [6.45, 7) is 7.48. The van der Waals surface area contributed by atoms with Crippen LogP contribution in [0.3, 0.4) is 0 Å². The summed E-state index contributed by atoms with van der Waals surface area (Å²) in [7, 11) is -3.73. The molecule has 33 heavy (non-hydrogen) atoms. The summed E-state index contributed by atoms with van der Waals surface area (Å²) in [6.07, 6.45) is 1.96. The molecule has 4 heterocycles. The molecule has 2 saturated heterocycles. The second kappa shape index (κ2) is 9.03. The Bertz CT molecular complexity index is 1120. The quantitative estimate of drug-likeness (QED) is 0.345. The number of halogens is 1. The van der Waals surface area contributed by atoms with Crippen molar-refractivity contribution >= 4 is 47.9 Å². The number of nitrogens with two attached hydrogens (primary N) is 1. The number of imidazole rings is 1. The zero-order valence-electron chi connectivity index (χ0n) is 18.9. The highest BCUT2D eigenvalue weighted by Gasteiger charge is 2.59. The molecule has 6 atom stereocenters. The number of hydrogen-bond acceptors (Lipinski definition) is 10. The first-order valence-electron chi connectivity index (χ1n) is 10.8. The molecule has 0 spiro atoms. The van der Waals surface area contributed by atoms with Crippen molar-refractivity contribution in [2.75, 3.05) is 12.3 Å². The molecule has 2 aliphatic rings. The van der Waals surface area contributed by atoms with E-state index >= 15 is 0 Å². The lowest BCUT2D eigenvalue weighted by molar-refractivity contribution is -0.120. The SMILES string of the molecule is CC(C)CCC(=O)[C@@H](C)/N=C/P1(=O)OC[C@H]2O[C@@H](n3cnc4c(N)ncnc43)[C@](C)(Cl)[C@@H]2O1. The number of nitrogen functional groups attached to an aromatic ring is 1. The third-order valence-electron chi connectivity index (χ3n) is 5.87. The largest absolute Gasteiger partial charge is 0.382 e. The number of ketones is 1. The highest BCUT2D eigenvalue weighted by molar-refractivity contribution is 7.69. The van der Waals surface area contributed by atoms with Gasteiger partial charge in [-0.3, -0.25) is 23.4 Å². The van der Waals surface area contributed by atoms with Crippen molar-refractivity contribution in [2.24, 2.45) is 10.9 Å². The summed E-state index contributed by atoms with van der Waals surface area (Å²) >= 11 is 6.90. The summed E-state index contributed by atoms with van der Waals surface area (Å²) < 4.78 is 32.3. The molecule has 0 aliphatic carbocycles. The first-order chi connectivity index (χ1) is 15.5. The van der Waals surface area contributed by atoms with E-state index in [9.17, 15) is 9.36 Å². The van der Waals surface area contributed by atoms with Crippen LogP contribution in [0.4, 0.5) is 5.82 Å². The standard InChI is InChI=1S/C20H28ClN6O5P/c1-11(2)5-6-13(28)12(3)26-10-33(29)30-7-14-16(32-33)20(4,21)19(31-14)27-9-25-15-17(22)23-8-24-18(15)27/h8-12,14,16,19H,5-7H2,1-4H3,(H2,22,23,24)/b26-10+/t12-,14-,16-,19-,20-,33?/m1/s1. The Hall–Kier alpha value is -1.91. The molecular weight excluding hydrogens is 471 g/mol. The monoisotopic (exact) mass is 498 g/mol. The van der Waals surface area contributed by atoms with E-state index in [0.29, 0.717) is 23.5 Å². The van der Waals surface area contributed by atoms with E-state index in [-0.39, 0.29) is 18.2 Å². The first kappa shape index (κ1) is 24.2. The van der Waals surface area contributed by atoms with Crippen LogP contribution in [0.25, 0.3) is 11.2 Å². The van der Waals surface area contributed by atoms with Gasteiger partial charge in [-0.1, -0.05) is 13.8 Å². The van der Waals surface area contributed by atoms with E-state index in [4.69, 9.17) is 31.1 Å². The second-order valence-corrected chi connectivity index (χ2v) is 11.6. The summed E-state index contributed by atoms with van der Waals surface area (Å²) in [5.41, 5.74) is 6.76. The van der Waals surface area contributed by atoms with Crippen molar-refractivity contribution in [2.45, 2.75) is 69.9 Å². The highest BCUT2D eigenvalue weighted by Crippen LogP contribution is 2.58. The molecule has 11 nitrogen and oxygen atoms in total. The number of anilines is 1. The second-order valence-electron chi connectivity index (χ2n) is 8.96. The van der Waals surface area contributed by atoms with E-state index in [1.54, 1.807) is 18.4 Å². The average Bonchev–Trinajstić information content (AvgIpc) is 3.29. The molecule has 13 heteroatoms. The molecule has 2 aliphatic heterocycles. The average molecular weight is 499 g/mol. The van der Waals surface area contributed by atoms with Crippen molar-refractivity contribution in [3.8, 4) is 0 Å². The Labute approximate surface area is 196 Å². The number of aliphatic imine (C=N–C) groups is 1. The molecule has 0 amide bonds. The third-order valence-corrected chi connectivity index (χ3v) is 7.71. The van der Waals surface area contributed by atoms with E-state index < -0.39 is 36.9 Å². The maximum atomic E-state index is 13.2. The van der Waals surface area contributed by atoms with Gasteiger partial charge in [0.25, 0.3) is 0 Å². The van der Waals surface area contributed by atoms with Gasteiger partial charge in [0.2, 0.25) is 0 Å². The van der Waals surface area contributed by atoms with Gasteiger partial charge in [0.15, 0.2) is 23.5 Å². The lowest BCUT2D eigenvalue weighted by Crippen LogP contribution is -2.44. The predicted octanol–water partition coefficient (Wildman–Crippen LogP) is 3.33. The molecule has 0 radical (unpaired) electrons. The van der Waals surface area contributed by atoms with Crippen molar-refractivity contribution in [1.82, 2.24) is 19.5 Å². The summed E-state index contributed by atoms with van der Waals surface area (Å²) in [4.78, 5) is 27.7. The minimum atomic E-state index is -3.73. The molecule has 0 aromatic carbocycles. The Morgan fingerprint density at radius 2 is 2.18 bits per heavy atom. The highest BCUT2D eigenvalue weighted by atomic mass is 35.5. The smallest absolute Gasteiger partial charge is 0.372 e. The number of carbonyl (C=O) groups excluding carboxylic acids is 1. The fraction of sp³-hybridized carbons (Fsp3) is 0.650. The van der Waals surface area contributed by atoms with Gasteiger partial charge in [-0.25, -0.2) is 15.0 Å². The molecule has 0 saturated carbocycles. The van der Waals surface area contributed by atoms with Crippen molar-refractivity contribution in [3.63, 3.8) is 0 Å². The summed E-state index contributed by atoms with van der Waals surface area (Å²) in [6, 6.07) is -0.642. The van der Waals surface area contributed by atoms with Gasteiger partial charge in [-0.05, 0) is 26.2 Å². The van der Waals surface area contributed by atoms with Crippen LogP contribution in [0, 0.1) is 5.92 Å². The van der Waals surface area contributed by atoms with Gasteiger partial charge in [0.05, 0.1) is 12.9 Å². The van der Waals surface area contributed by atoms with Crippen LogP contribution in [0.15, 0.2) is 17.6 Å². The topological polar surface area (TPSA) is 144 Å². The van der Waals surface area contributed by atoms with E-state index in [2.05, 4.69) is 19.9 Å². The Morgan fingerprint density at radius 3 is 2.91 bits per heavy atom. The third kappa shape index (κ3) is 4.70. The van der Waals surface area contributed by atoms with Gasteiger partial charge in [0, 0.05) is 6.42 Å². The number of aromatic nitrogens is 4. The van der Waals surface area contributed by atoms with Gasteiger partial charge >= 0.3 is 7.60 Å². The number of carbonyl (C=O) groups is 1. The molecule has 2 aromatic rings. The number of nitrogens with zero attached hydrogens (tertiary/aromatic N) is 5. The van der Waals surface area contributed by atoms with Crippen molar-refractivity contribution in [1.29, 1.82) is 0 Å². The fourth-order valence-electron chi connectivity index (χ4n) is 3.88. The first-order valence-corrected chi connectivity index (χ1v) is 12.8. The minimum absolute atomic E-state index is 0.00773. The van der Waals surface area contributed by atoms with E-state index in [0.717, 1.165) is 12.4 Å². The number of hydrogen-bond donors (Lipinski definition) is 1. The van der Waals surface area contributed by atoms with E-state index in [1.807, 2.05) is 13.8 Å². The number of alkyl halides is 1. The van der Waals surface area contributed by atoms with Gasteiger partial charge in [-0.15, -0.1) is 11.6 Å². The summed E-state index contributed by atoms with van der Waals surface area (Å²) in [5, 5.41) is 0. The van der Waals surface area contributed by atoms with Crippen LogP contribution in [0.5, 0.6) is 0 Å². The maximum absolute atomic E-state index is 13.2. The van der Waals surface area contributed by atoms with Crippen LogP contribution < -0.4 is 5.73 Å².